The van der Waals surface area contributed by atoms with Gasteiger partial charge in [-0.2, -0.15) is 0 Å². The highest BCUT2D eigenvalue weighted by atomic mass is 31.1. The van der Waals surface area contributed by atoms with Gasteiger partial charge in [-0.25, -0.2) is 0 Å². The van der Waals surface area contributed by atoms with Crippen molar-refractivity contribution >= 4 is 8.03 Å². The second-order valence-electron chi connectivity index (χ2n) is 7.60. The minimum Gasteiger partial charge on any atom is -0.593 e. The van der Waals surface area contributed by atoms with Gasteiger partial charge in [-0.15, -0.1) is 0 Å². The molecule has 7 nitrogen and oxygen atoms in total. The van der Waals surface area contributed by atoms with Gasteiger partial charge in [0.15, 0.2) is 0 Å². The third-order valence-electron chi connectivity index (χ3n) is 5.16. The molecule has 0 radical (unpaired) electrons. The van der Waals surface area contributed by atoms with Gasteiger partial charge in [0, 0.05) is 0 Å². The van der Waals surface area contributed by atoms with Crippen molar-refractivity contribution in [2.75, 3.05) is 6.54 Å². The van der Waals surface area contributed by atoms with Gasteiger partial charge in [-0.3, -0.25) is 0 Å². The Labute approximate surface area is 171 Å². The Hall–Kier alpha value is -0.400. The molecule has 8 heteroatoms. The van der Waals surface area contributed by atoms with Crippen LogP contribution in [0.25, 0.3) is 0 Å². The van der Waals surface area contributed by atoms with Crippen LogP contribution in [0.1, 0.15) is 84.0 Å². The normalized spacial score (nSPS) is 18.0. The molecule has 0 spiro atoms. The molecule has 0 saturated heterocycles. The summed E-state index contributed by atoms with van der Waals surface area (Å²) in [7, 11) is -3.41. The highest BCUT2D eigenvalue weighted by Gasteiger charge is 2.51. The standard InChI is InChI=1S/C20H41N2O5P/c1-2-3-4-5-6-7-8-9-10-11-12-13-14-15-17(23)18(22)19(24)20(25,16-21)28(26)27/h14-15,17-19,23-25H,2-13,16,21-22H2,1H3/b15-14+/t17-,18+,19?,20?/m1/s1. The Kier molecular flexibility index (Phi) is 16.2. The first-order valence-corrected chi connectivity index (χ1v) is 11.8. The van der Waals surface area contributed by atoms with Crippen LogP contribution >= 0.6 is 8.03 Å². The fourth-order valence-electron chi connectivity index (χ4n) is 3.09. The first-order chi connectivity index (χ1) is 13.3. The number of aliphatic hydroxyl groups excluding tert-OH is 2. The lowest BCUT2D eigenvalue weighted by Gasteiger charge is -2.29. The van der Waals surface area contributed by atoms with Crippen LogP contribution in [0.3, 0.4) is 0 Å². The summed E-state index contributed by atoms with van der Waals surface area (Å²) in [5, 5.41) is 27.3. The molecule has 0 amide bonds. The number of allylic oxidation sites excluding steroid dienone is 1. The average molecular weight is 421 g/mol. The van der Waals surface area contributed by atoms with Crippen LogP contribution < -0.4 is 16.4 Å². The van der Waals surface area contributed by atoms with Gasteiger partial charge in [-0.1, -0.05) is 87.8 Å². The van der Waals surface area contributed by atoms with E-state index in [0.717, 1.165) is 19.3 Å². The zero-order valence-electron chi connectivity index (χ0n) is 17.3. The van der Waals surface area contributed by atoms with Gasteiger partial charge in [0.05, 0.1) is 18.7 Å². The van der Waals surface area contributed by atoms with Gasteiger partial charge in [0.1, 0.15) is 6.10 Å². The van der Waals surface area contributed by atoms with Crippen molar-refractivity contribution in [3.8, 4) is 0 Å². The zero-order valence-corrected chi connectivity index (χ0v) is 18.2. The molecule has 0 bridgehead atoms. The molecule has 0 fully saturated rings. The summed E-state index contributed by atoms with van der Waals surface area (Å²) in [6, 6.07) is -1.35. The second kappa shape index (κ2) is 16.4. The number of unbranched alkanes of at least 4 members (excludes halogenated alkanes) is 11. The predicted molar refractivity (Wildman–Crippen MR) is 112 cm³/mol. The van der Waals surface area contributed by atoms with E-state index in [0.29, 0.717) is 0 Å². The lowest BCUT2D eigenvalue weighted by atomic mass is 9.99. The molecule has 166 valence electrons. The highest BCUT2D eigenvalue weighted by molar-refractivity contribution is 7.38. The molecule has 3 unspecified atom stereocenters. The van der Waals surface area contributed by atoms with Crippen molar-refractivity contribution in [3.63, 3.8) is 0 Å². The maximum Gasteiger partial charge on any atom is 0.348 e. The highest BCUT2D eigenvalue weighted by Crippen LogP contribution is 2.33. The van der Waals surface area contributed by atoms with Crippen LogP contribution in [0, 0.1) is 0 Å². The summed E-state index contributed by atoms with van der Waals surface area (Å²) in [4.78, 5) is 11.1. The number of rotatable bonds is 18. The summed E-state index contributed by atoms with van der Waals surface area (Å²) < 4.78 is 11.1. The van der Waals surface area contributed by atoms with Gasteiger partial charge in [0.25, 0.3) is 5.34 Å². The van der Waals surface area contributed by atoms with Crippen molar-refractivity contribution in [2.24, 2.45) is 11.5 Å². The van der Waals surface area contributed by atoms with Crippen LogP contribution in [0.4, 0.5) is 0 Å². The minimum absolute atomic E-state index is 0.699. The van der Waals surface area contributed by atoms with Crippen molar-refractivity contribution in [3.05, 3.63) is 12.2 Å². The topological polar surface area (TPSA) is 153 Å². The number of nitrogens with two attached hydrogens (primary N) is 2. The SMILES string of the molecule is CCCCCCCCCCCCC/C=C/[C@@H](O)[C@H](N)C(O)C(O)(CN)[P+](=O)[O-]. The maximum absolute atomic E-state index is 11.1. The minimum atomic E-state index is -3.41. The lowest BCUT2D eigenvalue weighted by Crippen LogP contribution is -2.58. The Morgan fingerprint density at radius 1 is 1.00 bits per heavy atom. The van der Waals surface area contributed by atoms with Crippen molar-refractivity contribution in [1.29, 1.82) is 0 Å². The van der Waals surface area contributed by atoms with E-state index < -0.39 is 38.2 Å². The third kappa shape index (κ3) is 11.0. The molecule has 7 N–H and O–H groups in total. The van der Waals surface area contributed by atoms with E-state index in [4.69, 9.17) is 11.5 Å². The lowest BCUT2D eigenvalue weighted by molar-refractivity contribution is -0.187. The smallest absolute Gasteiger partial charge is 0.348 e. The zero-order chi connectivity index (χ0) is 21.4. The first-order valence-electron chi connectivity index (χ1n) is 10.7. The molecular weight excluding hydrogens is 379 g/mol. The molecule has 0 aliphatic rings. The third-order valence-corrected chi connectivity index (χ3v) is 6.24. The summed E-state index contributed by atoms with van der Waals surface area (Å²) in [6.45, 7) is 1.53. The number of aliphatic hydroxyl groups is 3. The van der Waals surface area contributed by atoms with Gasteiger partial charge < -0.3 is 31.7 Å². The molecular formula is C20H41N2O5P. The van der Waals surface area contributed by atoms with Crippen molar-refractivity contribution in [1.82, 2.24) is 0 Å². The molecule has 0 aliphatic heterocycles. The van der Waals surface area contributed by atoms with E-state index in [1.807, 2.05) is 0 Å². The molecule has 0 saturated carbocycles. The summed E-state index contributed by atoms with van der Waals surface area (Å²) in [5.74, 6) is 0. The van der Waals surface area contributed by atoms with Gasteiger partial charge >= 0.3 is 8.03 Å². The van der Waals surface area contributed by atoms with Crippen LogP contribution in [-0.2, 0) is 4.57 Å². The fraction of sp³-hybridized carbons (Fsp3) is 0.900. The molecule has 0 aromatic rings. The predicted octanol–water partition coefficient (Wildman–Crippen LogP) is 2.04. The maximum atomic E-state index is 11.1. The summed E-state index contributed by atoms with van der Waals surface area (Å²) in [6.07, 6.45) is 14.7. The number of hydrogen-bond acceptors (Lipinski definition) is 7. The van der Waals surface area contributed by atoms with E-state index in [1.54, 1.807) is 6.08 Å². The molecule has 5 atom stereocenters. The molecule has 0 rings (SSSR count). The second-order valence-corrected chi connectivity index (χ2v) is 8.89. The van der Waals surface area contributed by atoms with E-state index >= 15 is 0 Å². The van der Waals surface area contributed by atoms with Crippen LogP contribution in [0.5, 0.6) is 0 Å². The molecule has 0 heterocycles. The molecule has 0 aromatic carbocycles. The first kappa shape index (κ1) is 27.6. The van der Waals surface area contributed by atoms with Crippen molar-refractivity contribution in [2.45, 2.75) is 108 Å². The summed E-state index contributed by atoms with van der Waals surface area (Å²) >= 11 is 0. The number of hydrogen-bond donors (Lipinski definition) is 5. The largest absolute Gasteiger partial charge is 0.593 e. The van der Waals surface area contributed by atoms with Crippen LogP contribution in [0.2, 0.25) is 0 Å². The van der Waals surface area contributed by atoms with E-state index in [-0.39, 0.29) is 0 Å². The Morgan fingerprint density at radius 2 is 1.46 bits per heavy atom. The molecule has 0 aliphatic carbocycles. The Bertz CT molecular complexity index is 439. The average Bonchev–Trinajstić information content (AvgIpc) is 2.69. The quantitative estimate of drug-likeness (QED) is 0.129. The fourth-order valence-corrected chi connectivity index (χ4v) is 3.63. The van der Waals surface area contributed by atoms with Crippen molar-refractivity contribution < 1.29 is 24.8 Å². The van der Waals surface area contributed by atoms with Gasteiger partial charge in [0.2, 0.25) is 0 Å². The molecule has 0 aromatic heterocycles. The van der Waals surface area contributed by atoms with E-state index in [9.17, 15) is 24.8 Å². The van der Waals surface area contributed by atoms with E-state index in [1.165, 1.54) is 63.9 Å². The Morgan fingerprint density at radius 3 is 1.89 bits per heavy atom. The Balaban J connectivity index is 3.88. The van der Waals surface area contributed by atoms with Gasteiger partial charge in [-0.05, 0) is 12.8 Å². The summed E-state index contributed by atoms with van der Waals surface area (Å²) in [5.41, 5.74) is 10.9. The van der Waals surface area contributed by atoms with Crippen LogP contribution in [0.15, 0.2) is 12.2 Å². The monoisotopic (exact) mass is 420 g/mol. The molecule has 28 heavy (non-hydrogen) atoms. The van der Waals surface area contributed by atoms with Crippen LogP contribution in [-0.4, -0.2) is 45.5 Å². The van der Waals surface area contributed by atoms with E-state index in [2.05, 4.69) is 6.92 Å².